The summed E-state index contributed by atoms with van der Waals surface area (Å²) in [7, 11) is -2.86. The lowest BCUT2D eigenvalue weighted by atomic mass is 10.3. The second-order valence-electron chi connectivity index (χ2n) is 6.83. The average Bonchev–Trinajstić information content (AvgIpc) is 3.18. The van der Waals surface area contributed by atoms with Crippen molar-refractivity contribution < 1.29 is 13.2 Å². The van der Waals surface area contributed by atoms with Crippen LogP contribution < -0.4 is 9.64 Å². The molecular formula is C17H27N3O3S. The molecule has 0 unspecified atom stereocenters. The molecule has 24 heavy (non-hydrogen) atoms. The van der Waals surface area contributed by atoms with Crippen LogP contribution in [0.2, 0.25) is 0 Å². The second kappa shape index (κ2) is 7.70. The Balaban J connectivity index is 1.52. The third-order valence-electron chi connectivity index (χ3n) is 4.67. The van der Waals surface area contributed by atoms with Crippen molar-refractivity contribution in [3.8, 4) is 5.75 Å². The maximum atomic E-state index is 11.2. The molecule has 2 aliphatic heterocycles. The minimum Gasteiger partial charge on any atom is -0.485 e. The zero-order valence-electron chi connectivity index (χ0n) is 14.4. The number of anilines is 1. The lowest BCUT2D eigenvalue weighted by Gasteiger charge is -2.22. The Labute approximate surface area is 144 Å². The van der Waals surface area contributed by atoms with Crippen molar-refractivity contribution in [1.82, 2.24) is 9.88 Å². The molecule has 7 heteroatoms. The van der Waals surface area contributed by atoms with Gasteiger partial charge >= 0.3 is 0 Å². The van der Waals surface area contributed by atoms with E-state index >= 15 is 0 Å². The molecule has 1 aromatic rings. The highest BCUT2D eigenvalue weighted by Gasteiger charge is 2.26. The molecule has 134 valence electrons. The van der Waals surface area contributed by atoms with Crippen molar-refractivity contribution in [3.05, 3.63) is 18.3 Å². The third kappa shape index (κ3) is 4.83. The standard InChI is InChI=1S/C17H27N3O3S/c1-24(21,22)13-5-9-19-12-7-15(14-19)23-16-6-4-8-18-17(16)20-10-2-3-11-20/h4,6,8,15H,2-3,5,7,9-14H2,1H3/t15-/m1/s1. The maximum Gasteiger partial charge on any atom is 0.171 e. The number of rotatable bonds is 7. The van der Waals surface area contributed by atoms with E-state index in [2.05, 4.69) is 14.8 Å². The van der Waals surface area contributed by atoms with Crippen LogP contribution in [0.1, 0.15) is 25.7 Å². The van der Waals surface area contributed by atoms with E-state index in [4.69, 9.17) is 4.74 Å². The van der Waals surface area contributed by atoms with Crippen LogP contribution in [-0.2, 0) is 9.84 Å². The zero-order valence-corrected chi connectivity index (χ0v) is 15.2. The predicted octanol–water partition coefficient (Wildman–Crippen LogP) is 1.57. The van der Waals surface area contributed by atoms with Gasteiger partial charge in [0.1, 0.15) is 15.9 Å². The molecule has 2 aliphatic rings. The summed E-state index contributed by atoms with van der Waals surface area (Å²) in [5.41, 5.74) is 0. The summed E-state index contributed by atoms with van der Waals surface area (Å²) in [4.78, 5) is 9.11. The topological polar surface area (TPSA) is 62.7 Å². The van der Waals surface area contributed by atoms with Crippen LogP contribution in [0.3, 0.4) is 0 Å². The van der Waals surface area contributed by atoms with Crippen molar-refractivity contribution in [3.63, 3.8) is 0 Å². The fourth-order valence-corrected chi connectivity index (χ4v) is 4.12. The summed E-state index contributed by atoms with van der Waals surface area (Å²) in [6.45, 7) is 4.75. The van der Waals surface area contributed by atoms with Crippen LogP contribution in [0.25, 0.3) is 0 Å². The van der Waals surface area contributed by atoms with Crippen molar-refractivity contribution in [2.45, 2.75) is 31.8 Å². The molecule has 2 saturated heterocycles. The molecule has 2 fully saturated rings. The van der Waals surface area contributed by atoms with E-state index in [9.17, 15) is 8.42 Å². The number of sulfone groups is 1. The molecule has 1 atom stereocenters. The highest BCUT2D eigenvalue weighted by molar-refractivity contribution is 7.90. The molecule has 0 saturated carbocycles. The molecule has 0 aromatic carbocycles. The number of ether oxygens (including phenoxy) is 1. The predicted molar refractivity (Wildman–Crippen MR) is 95.5 cm³/mol. The molecule has 3 heterocycles. The Morgan fingerprint density at radius 3 is 2.83 bits per heavy atom. The van der Waals surface area contributed by atoms with Crippen LogP contribution in [0.5, 0.6) is 5.75 Å². The van der Waals surface area contributed by atoms with Crippen LogP contribution in [0.4, 0.5) is 5.82 Å². The maximum absolute atomic E-state index is 11.2. The SMILES string of the molecule is CS(=O)(=O)CCCN1CC[C@@H](Oc2cccnc2N2CCCC2)C1. The van der Waals surface area contributed by atoms with Gasteiger partial charge in [-0.25, -0.2) is 13.4 Å². The van der Waals surface area contributed by atoms with E-state index in [0.717, 1.165) is 50.7 Å². The van der Waals surface area contributed by atoms with E-state index < -0.39 is 9.84 Å². The van der Waals surface area contributed by atoms with Gasteiger partial charge in [0.15, 0.2) is 11.6 Å². The average molecular weight is 353 g/mol. The fraction of sp³-hybridized carbons (Fsp3) is 0.706. The Bertz CT molecular complexity index is 644. The van der Waals surface area contributed by atoms with Crippen LogP contribution in [0, 0.1) is 0 Å². The van der Waals surface area contributed by atoms with Gasteiger partial charge in [0.05, 0.1) is 5.75 Å². The molecule has 3 rings (SSSR count). The molecule has 0 spiro atoms. The van der Waals surface area contributed by atoms with Gasteiger partial charge in [-0.2, -0.15) is 0 Å². The fourth-order valence-electron chi connectivity index (χ4n) is 3.47. The first kappa shape index (κ1) is 17.5. The summed E-state index contributed by atoms with van der Waals surface area (Å²) in [5.74, 6) is 2.10. The minimum absolute atomic E-state index is 0.161. The molecule has 6 nitrogen and oxygen atoms in total. The van der Waals surface area contributed by atoms with E-state index in [0.29, 0.717) is 6.42 Å². The van der Waals surface area contributed by atoms with Gasteiger partial charge in [0.2, 0.25) is 0 Å². The Hall–Kier alpha value is -1.34. The van der Waals surface area contributed by atoms with E-state index in [1.54, 1.807) is 0 Å². The largest absolute Gasteiger partial charge is 0.485 e. The molecule has 0 N–H and O–H groups in total. The molecule has 0 bridgehead atoms. The summed E-state index contributed by atoms with van der Waals surface area (Å²) < 4.78 is 28.7. The van der Waals surface area contributed by atoms with Gasteiger partial charge in [0, 0.05) is 38.6 Å². The highest BCUT2D eigenvalue weighted by atomic mass is 32.2. The van der Waals surface area contributed by atoms with Crippen LogP contribution >= 0.6 is 0 Å². The Morgan fingerprint density at radius 2 is 2.08 bits per heavy atom. The first-order valence-corrected chi connectivity index (χ1v) is 10.8. The molecule has 0 aliphatic carbocycles. The Kier molecular flexibility index (Phi) is 5.61. The van der Waals surface area contributed by atoms with Crippen molar-refractivity contribution in [2.24, 2.45) is 0 Å². The second-order valence-corrected chi connectivity index (χ2v) is 9.09. The number of likely N-dealkylation sites (tertiary alicyclic amines) is 1. The van der Waals surface area contributed by atoms with Gasteiger partial charge in [0.25, 0.3) is 0 Å². The summed E-state index contributed by atoms with van der Waals surface area (Å²) in [6.07, 6.45) is 7.39. The van der Waals surface area contributed by atoms with E-state index in [-0.39, 0.29) is 11.9 Å². The number of pyridine rings is 1. The van der Waals surface area contributed by atoms with Gasteiger partial charge in [-0.05, 0) is 44.4 Å². The lowest BCUT2D eigenvalue weighted by molar-refractivity contribution is 0.200. The monoisotopic (exact) mass is 353 g/mol. The highest BCUT2D eigenvalue weighted by Crippen LogP contribution is 2.30. The molecule has 0 radical (unpaired) electrons. The minimum atomic E-state index is -2.86. The van der Waals surface area contributed by atoms with E-state index in [1.165, 1.54) is 19.1 Å². The lowest BCUT2D eigenvalue weighted by Crippen LogP contribution is -2.27. The van der Waals surface area contributed by atoms with Crippen molar-refractivity contribution in [1.29, 1.82) is 0 Å². The molecular weight excluding hydrogens is 326 g/mol. The summed E-state index contributed by atoms with van der Waals surface area (Å²) >= 11 is 0. The molecule has 0 amide bonds. The normalized spacial score (nSPS) is 22.2. The zero-order chi connectivity index (χ0) is 17.0. The Morgan fingerprint density at radius 1 is 1.29 bits per heavy atom. The van der Waals surface area contributed by atoms with Gasteiger partial charge < -0.3 is 9.64 Å². The quantitative estimate of drug-likeness (QED) is 0.741. The summed E-state index contributed by atoms with van der Waals surface area (Å²) in [6, 6.07) is 3.93. The van der Waals surface area contributed by atoms with E-state index in [1.807, 2.05) is 18.3 Å². The van der Waals surface area contributed by atoms with Crippen molar-refractivity contribution in [2.75, 3.05) is 49.6 Å². The van der Waals surface area contributed by atoms with Gasteiger partial charge in [-0.3, -0.25) is 4.90 Å². The number of aromatic nitrogens is 1. The number of hydrogen-bond donors (Lipinski definition) is 0. The number of nitrogens with zero attached hydrogens (tertiary/aromatic N) is 3. The molecule has 1 aromatic heterocycles. The smallest absolute Gasteiger partial charge is 0.171 e. The van der Waals surface area contributed by atoms with Gasteiger partial charge in [-0.1, -0.05) is 0 Å². The first-order valence-electron chi connectivity index (χ1n) is 8.78. The summed E-state index contributed by atoms with van der Waals surface area (Å²) in [5, 5.41) is 0. The van der Waals surface area contributed by atoms with Crippen molar-refractivity contribution >= 4 is 15.7 Å². The first-order chi connectivity index (χ1) is 11.5. The van der Waals surface area contributed by atoms with Crippen LogP contribution in [0.15, 0.2) is 18.3 Å². The van der Waals surface area contributed by atoms with Crippen LogP contribution in [-0.4, -0.2) is 69.1 Å². The van der Waals surface area contributed by atoms with Gasteiger partial charge in [-0.15, -0.1) is 0 Å². The third-order valence-corrected chi connectivity index (χ3v) is 5.70. The number of hydrogen-bond acceptors (Lipinski definition) is 6.